The van der Waals surface area contributed by atoms with E-state index in [0.717, 1.165) is 28.0 Å². The molecule has 0 aliphatic rings. The average Bonchev–Trinajstić information content (AvgIpc) is 2.59. The van der Waals surface area contributed by atoms with Gasteiger partial charge in [-0.1, -0.05) is 13.8 Å². The number of hydrogen-bond donors (Lipinski definition) is 2. The Balaban J connectivity index is 2.17. The number of nitrogens with zero attached hydrogens (tertiary/aromatic N) is 3. The Hall–Kier alpha value is -2.67. The second-order valence-electron chi connectivity index (χ2n) is 7.63. The number of hydrogen-bond acceptors (Lipinski definition) is 5. The number of aromatic nitrogens is 2. The van der Waals surface area contributed by atoms with Crippen LogP contribution in [-0.4, -0.2) is 40.4 Å². The first kappa shape index (κ1) is 20.6. The van der Waals surface area contributed by atoms with Crippen molar-refractivity contribution >= 4 is 11.9 Å². The lowest BCUT2D eigenvalue weighted by molar-refractivity contribution is 0.199. The zero-order valence-electron chi connectivity index (χ0n) is 16.6. The first-order valence-electron chi connectivity index (χ1n) is 8.90. The third-order valence-corrected chi connectivity index (χ3v) is 4.15. The highest BCUT2D eigenvalue weighted by molar-refractivity contribution is 5.85. The summed E-state index contributed by atoms with van der Waals surface area (Å²) in [5.41, 5.74) is 8.46. The van der Waals surface area contributed by atoms with Crippen molar-refractivity contribution in [1.82, 2.24) is 9.97 Å². The van der Waals surface area contributed by atoms with E-state index in [4.69, 9.17) is 15.6 Å². The molecule has 2 aromatic heterocycles. The molecule has 3 N–H and O–H groups in total. The summed E-state index contributed by atoms with van der Waals surface area (Å²) < 4.78 is 5.85. The molecular weight excluding hydrogens is 344 g/mol. The van der Waals surface area contributed by atoms with Gasteiger partial charge < -0.3 is 15.6 Å². The molecule has 0 radical (unpaired) electrons. The van der Waals surface area contributed by atoms with E-state index >= 15 is 0 Å². The Morgan fingerprint density at radius 2 is 2.04 bits per heavy atom. The maximum atomic E-state index is 11.1. The minimum absolute atomic E-state index is 0.352. The van der Waals surface area contributed by atoms with E-state index < -0.39 is 11.6 Å². The monoisotopic (exact) mass is 372 g/mol. The smallest absolute Gasteiger partial charge is 0.412 e. The van der Waals surface area contributed by atoms with Crippen LogP contribution in [0.1, 0.15) is 32.8 Å². The summed E-state index contributed by atoms with van der Waals surface area (Å²) in [7, 11) is 1.45. The summed E-state index contributed by atoms with van der Waals surface area (Å²) in [6.45, 7) is 8.56. The maximum Gasteiger partial charge on any atom is 0.412 e. The predicted molar refractivity (Wildman–Crippen MR) is 106 cm³/mol. The molecular formula is C20H28N4O3. The highest BCUT2D eigenvalue weighted by atomic mass is 16.5. The number of carboxylic acid groups (broad SMARTS) is 1. The van der Waals surface area contributed by atoms with Gasteiger partial charge in [0.05, 0.1) is 0 Å². The van der Waals surface area contributed by atoms with Crippen molar-refractivity contribution in [3.63, 3.8) is 0 Å². The molecule has 7 nitrogen and oxygen atoms in total. The molecule has 1 amide bonds. The molecule has 146 valence electrons. The van der Waals surface area contributed by atoms with Crippen LogP contribution >= 0.6 is 0 Å². The van der Waals surface area contributed by atoms with Crippen LogP contribution < -0.4 is 15.4 Å². The summed E-state index contributed by atoms with van der Waals surface area (Å²) in [6, 6.07) is 5.49. The molecule has 27 heavy (non-hydrogen) atoms. The molecule has 7 heteroatoms. The zero-order chi connectivity index (χ0) is 20.2. The Morgan fingerprint density at radius 1 is 1.33 bits per heavy atom. The predicted octanol–water partition coefficient (Wildman–Crippen LogP) is 3.71. The van der Waals surface area contributed by atoms with Gasteiger partial charge in [-0.05, 0) is 49.9 Å². The zero-order valence-corrected chi connectivity index (χ0v) is 16.6. The number of carbonyl (C=O) groups is 1. The highest BCUT2D eigenvalue weighted by Gasteiger charge is 2.21. The SMILES string of the molecule is Cc1cc(-c2ccnc(N(C)C(=O)O)c2)cnc1OC[C@@](C)(N)CC(C)C. The molecule has 0 fully saturated rings. The lowest BCUT2D eigenvalue weighted by atomic mass is 9.93. The second kappa shape index (κ2) is 8.35. The number of pyridine rings is 2. The van der Waals surface area contributed by atoms with Gasteiger partial charge in [-0.15, -0.1) is 0 Å². The molecule has 0 unspecified atom stereocenters. The van der Waals surface area contributed by atoms with Gasteiger partial charge in [-0.3, -0.25) is 4.90 Å². The molecule has 0 saturated carbocycles. The minimum Gasteiger partial charge on any atom is -0.476 e. The summed E-state index contributed by atoms with van der Waals surface area (Å²) >= 11 is 0. The Bertz CT molecular complexity index is 806. The van der Waals surface area contributed by atoms with Gasteiger partial charge in [-0.2, -0.15) is 0 Å². The number of rotatable bonds is 7. The molecule has 1 atom stereocenters. The fraction of sp³-hybridized carbons (Fsp3) is 0.450. The lowest BCUT2D eigenvalue weighted by Crippen LogP contribution is -2.43. The maximum absolute atomic E-state index is 11.1. The van der Waals surface area contributed by atoms with Crippen molar-refractivity contribution in [3.05, 3.63) is 36.2 Å². The first-order chi connectivity index (χ1) is 12.6. The fourth-order valence-electron chi connectivity index (χ4n) is 2.98. The first-order valence-corrected chi connectivity index (χ1v) is 8.90. The van der Waals surface area contributed by atoms with Gasteiger partial charge >= 0.3 is 6.09 Å². The van der Waals surface area contributed by atoms with Gasteiger partial charge in [0.15, 0.2) is 0 Å². The summed E-state index contributed by atoms with van der Waals surface area (Å²) in [5, 5.41) is 9.10. The third-order valence-electron chi connectivity index (χ3n) is 4.15. The van der Waals surface area contributed by atoms with Crippen LogP contribution in [0.3, 0.4) is 0 Å². The molecule has 2 aromatic rings. The van der Waals surface area contributed by atoms with E-state index in [-0.39, 0.29) is 0 Å². The van der Waals surface area contributed by atoms with Gasteiger partial charge in [0.1, 0.15) is 12.4 Å². The molecule has 0 bridgehead atoms. The number of anilines is 1. The summed E-state index contributed by atoms with van der Waals surface area (Å²) in [5.74, 6) is 1.39. The van der Waals surface area contributed by atoms with Crippen LogP contribution in [0.5, 0.6) is 5.88 Å². The normalized spacial score (nSPS) is 13.3. The lowest BCUT2D eigenvalue weighted by Gasteiger charge is -2.26. The van der Waals surface area contributed by atoms with Crippen LogP contribution in [-0.2, 0) is 0 Å². The van der Waals surface area contributed by atoms with E-state index in [9.17, 15) is 4.79 Å². The quantitative estimate of drug-likeness (QED) is 0.768. The topological polar surface area (TPSA) is 102 Å². The van der Waals surface area contributed by atoms with Crippen molar-refractivity contribution in [1.29, 1.82) is 0 Å². The Morgan fingerprint density at radius 3 is 2.63 bits per heavy atom. The molecule has 2 rings (SSSR count). The fourth-order valence-corrected chi connectivity index (χ4v) is 2.98. The minimum atomic E-state index is -1.07. The molecule has 0 aliphatic carbocycles. The molecule has 0 aliphatic heterocycles. The van der Waals surface area contributed by atoms with Gasteiger partial charge in [0.25, 0.3) is 0 Å². The van der Waals surface area contributed by atoms with E-state index in [0.29, 0.717) is 24.2 Å². The van der Waals surface area contributed by atoms with E-state index in [1.165, 1.54) is 7.05 Å². The number of amides is 1. The van der Waals surface area contributed by atoms with E-state index in [1.807, 2.05) is 26.0 Å². The van der Waals surface area contributed by atoms with Crippen molar-refractivity contribution in [2.24, 2.45) is 11.7 Å². The van der Waals surface area contributed by atoms with Gasteiger partial charge in [0, 0.05) is 36.1 Å². The second-order valence-corrected chi connectivity index (χ2v) is 7.63. The molecule has 0 aromatic carbocycles. The third kappa shape index (κ3) is 5.65. The van der Waals surface area contributed by atoms with Crippen molar-refractivity contribution < 1.29 is 14.6 Å². The summed E-state index contributed by atoms with van der Waals surface area (Å²) in [6.07, 6.45) is 3.08. The Kier molecular flexibility index (Phi) is 6.38. The van der Waals surface area contributed by atoms with E-state index in [2.05, 4.69) is 23.8 Å². The number of aryl methyl sites for hydroxylation is 1. The van der Waals surface area contributed by atoms with Crippen LogP contribution in [0.25, 0.3) is 11.1 Å². The molecule has 0 saturated heterocycles. The van der Waals surface area contributed by atoms with Crippen LogP contribution in [0, 0.1) is 12.8 Å². The Labute approximate surface area is 160 Å². The molecule has 0 spiro atoms. The van der Waals surface area contributed by atoms with Crippen molar-refractivity contribution in [2.45, 2.75) is 39.7 Å². The molecule has 2 heterocycles. The highest BCUT2D eigenvalue weighted by Crippen LogP contribution is 2.26. The van der Waals surface area contributed by atoms with Crippen LogP contribution in [0.2, 0.25) is 0 Å². The van der Waals surface area contributed by atoms with E-state index in [1.54, 1.807) is 18.5 Å². The van der Waals surface area contributed by atoms with Gasteiger partial charge in [0.2, 0.25) is 5.88 Å². The van der Waals surface area contributed by atoms with Crippen LogP contribution in [0.15, 0.2) is 30.6 Å². The van der Waals surface area contributed by atoms with Crippen LogP contribution in [0.4, 0.5) is 10.6 Å². The van der Waals surface area contributed by atoms with Crippen molar-refractivity contribution in [2.75, 3.05) is 18.6 Å². The van der Waals surface area contributed by atoms with Crippen molar-refractivity contribution in [3.8, 4) is 17.0 Å². The van der Waals surface area contributed by atoms with Gasteiger partial charge in [-0.25, -0.2) is 14.8 Å². The largest absolute Gasteiger partial charge is 0.476 e. The number of nitrogens with two attached hydrogens (primary N) is 1. The summed E-state index contributed by atoms with van der Waals surface area (Å²) in [4.78, 5) is 20.7. The average molecular weight is 372 g/mol. The number of ether oxygens (including phenoxy) is 1. The standard InChI is InChI=1S/C20H28N4O3/c1-13(2)10-20(4,21)12-27-18-14(3)8-16(11-23-18)15-6-7-22-17(9-15)24(5)19(25)26/h6-9,11,13H,10,12,21H2,1-5H3,(H,25,26)/t20-/m0/s1.